The van der Waals surface area contributed by atoms with Crippen LogP contribution in [0.15, 0.2) is 24.3 Å². The Balaban J connectivity index is 1.53. The molecular weight excluding hydrogens is 444 g/mol. The zero-order valence-electron chi connectivity index (χ0n) is 17.9. The number of benzene rings is 1. The predicted molar refractivity (Wildman–Crippen MR) is 110 cm³/mol. The van der Waals surface area contributed by atoms with E-state index in [1.54, 1.807) is 0 Å². The van der Waals surface area contributed by atoms with Crippen molar-refractivity contribution in [1.82, 2.24) is 15.5 Å². The number of carboxylic acid groups (broad SMARTS) is 1. The molecule has 2 unspecified atom stereocenters. The van der Waals surface area contributed by atoms with Gasteiger partial charge in [0.25, 0.3) is 0 Å². The van der Waals surface area contributed by atoms with Crippen molar-refractivity contribution in [3.05, 3.63) is 29.8 Å². The highest BCUT2D eigenvalue weighted by Crippen LogP contribution is 2.26. The first-order valence-corrected chi connectivity index (χ1v) is 10.6. The minimum Gasteiger partial charge on any atom is -0.480 e. The third kappa shape index (κ3) is 6.83. The Hall–Kier alpha value is -2.83. The molecule has 10 nitrogen and oxygen atoms in total. The Kier molecular flexibility index (Phi) is 8.16. The number of aliphatic carboxylic acids is 1. The van der Waals surface area contributed by atoms with Crippen LogP contribution in [0.5, 0.6) is 5.75 Å². The number of hydrogen-bond acceptors (Lipinski definition) is 7. The fourth-order valence-corrected chi connectivity index (χ4v) is 3.98. The Morgan fingerprint density at radius 3 is 2.30 bits per heavy atom. The van der Waals surface area contributed by atoms with Gasteiger partial charge in [-0.25, -0.2) is 4.79 Å². The van der Waals surface area contributed by atoms with Crippen LogP contribution in [-0.4, -0.2) is 83.4 Å². The molecule has 33 heavy (non-hydrogen) atoms. The number of likely N-dealkylation sites (tertiary alicyclic amines) is 1. The van der Waals surface area contributed by atoms with Gasteiger partial charge < -0.3 is 30.3 Å². The van der Waals surface area contributed by atoms with Crippen LogP contribution in [0.2, 0.25) is 0 Å². The van der Waals surface area contributed by atoms with Gasteiger partial charge >= 0.3 is 12.6 Å². The number of halogens is 2. The van der Waals surface area contributed by atoms with E-state index in [1.807, 2.05) is 4.90 Å². The van der Waals surface area contributed by atoms with Crippen LogP contribution < -0.4 is 15.4 Å². The fourth-order valence-electron chi connectivity index (χ4n) is 3.98. The van der Waals surface area contributed by atoms with Crippen molar-refractivity contribution in [2.45, 2.75) is 56.8 Å². The van der Waals surface area contributed by atoms with E-state index in [9.17, 15) is 33.4 Å². The number of alkyl halides is 2. The average molecular weight is 471 g/mol. The number of hydrogen-bond donors (Lipinski definition) is 4. The highest BCUT2D eigenvalue weighted by Gasteiger charge is 2.35. The molecule has 5 atom stereocenters. The lowest BCUT2D eigenvalue weighted by molar-refractivity contribution is -0.145. The van der Waals surface area contributed by atoms with Crippen LogP contribution in [0.25, 0.3) is 0 Å². The van der Waals surface area contributed by atoms with E-state index in [0.717, 1.165) is 25.0 Å². The third-order valence-corrected chi connectivity index (χ3v) is 5.58. The number of carboxylic acids is 1. The molecule has 0 saturated carbocycles. The summed E-state index contributed by atoms with van der Waals surface area (Å²) in [4.78, 5) is 38.4. The molecule has 0 aromatic heterocycles. The Bertz CT molecular complexity index is 843. The van der Waals surface area contributed by atoms with Crippen molar-refractivity contribution >= 4 is 17.8 Å². The number of amides is 2. The second-order valence-corrected chi connectivity index (χ2v) is 8.16. The van der Waals surface area contributed by atoms with Crippen molar-refractivity contribution in [2.75, 3.05) is 19.6 Å². The number of nitrogens with one attached hydrogen (secondary N) is 2. The zero-order valence-corrected chi connectivity index (χ0v) is 17.9. The number of fused-ring (bicyclic) bond motifs is 2. The number of nitrogens with zero attached hydrogens (tertiary/aromatic N) is 1. The predicted octanol–water partition coefficient (Wildman–Crippen LogP) is 0.259. The van der Waals surface area contributed by atoms with E-state index in [4.69, 9.17) is 4.74 Å². The third-order valence-electron chi connectivity index (χ3n) is 5.58. The molecular formula is C21H27F2N3O7. The van der Waals surface area contributed by atoms with Crippen molar-refractivity contribution in [3.63, 3.8) is 0 Å². The quantitative estimate of drug-likeness (QED) is 0.381. The molecule has 1 aromatic rings. The summed E-state index contributed by atoms with van der Waals surface area (Å²) in [6.07, 6.45) is 0.487. The maximum atomic E-state index is 12.5. The summed E-state index contributed by atoms with van der Waals surface area (Å²) in [6.45, 7) is -0.260. The van der Waals surface area contributed by atoms with E-state index < -0.39 is 36.7 Å². The summed E-state index contributed by atoms with van der Waals surface area (Å²) in [7, 11) is 0. The van der Waals surface area contributed by atoms with Crippen LogP contribution in [0.1, 0.15) is 31.4 Å². The lowest BCUT2D eigenvalue weighted by atomic mass is 10.0. The molecule has 2 saturated heterocycles. The Morgan fingerprint density at radius 2 is 1.76 bits per heavy atom. The Morgan fingerprint density at radius 1 is 1.15 bits per heavy atom. The van der Waals surface area contributed by atoms with Gasteiger partial charge in [0.15, 0.2) is 6.04 Å². The number of carbonyl (C=O) groups excluding carboxylic acids is 2. The minimum absolute atomic E-state index is 0.0722. The second kappa shape index (κ2) is 10.9. The fraction of sp³-hybridized carbons (Fsp3) is 0.571. The van der Waals surface area contributed by atoms with Crippen LogP contribution in [0.3, 0.4) is 0 Å². The second-order valence-electron chi connectivity index (χ2n) is 8.16. The van der Waals surface area contributed by atoms with Gasteiger partial charge in [-0.05, 0) is 37.5 Å². The number of carbonyl (C=O) groups is 3. The average Bonchev–Trinajstić information content (AvgIpc) is 3.09. The van der Waals surface area contributed by atoms with Crippen molar-refractivity contribution in [3.8, 4) is 5.75 Å². The molecule has 4 N–H and O–H groups in total. The van der Waals surface area contributed by atoms with Crippen LogP contribution in [0, 0.1) is 0 Å². The summed E-state index contributed by atoms with van der Waals surface area (Å²) in [5, 5.41) is 24.6. The molecule has 2 fully saturated rings. The SMILES string of the molecule is C[C@H](NC(=O)CN1CC2CCC(C1)O2)C(=O)N[C@H](C(=O)O)[C@H](O)c1ccc(OC(F)F)cc1. The molecule has 2 aliphatic rings. The minimum atomic E-state index is -3.03. The first-order chi connectivity index (χ1) is 15.6. The monoisotopic (exact) mass is 471 g/mol. The molecule has 2 aliphatic heterocycles. The molecule has 2 amide bonds. The standard InChI is InChI=1S/C21H27F2N3O7/c1-11(24-16(27)10-26-8-14-6-7-15(9-26)32-14)19(29)25-17(20(30)31)18(28)12-2-4-13(5-3-12)33-21(22)23/h2-5,11,14-15,17-18,21,28H,6-10H2,1H3,(H,24,27)(H,25,29)(H,30,31)/t11-,14?,15?,17-,18+/m0/s1. The molecule has 2 bridgehead atoms. The largest absolute Gasteiger partial charge is 0.480 e. The smallest absolute Gasteiger partial charge is 0.387 e. The maximum Gasteiger partial charge on any atom is 0.387 e. The van der Waals surface area contributed by atoms with Gasteiger partial charge in [0.2, 0.25) is 11.8 Å². The molecule has 12 heteroatoms. The van der Waals surface area contributed by atoms with Gasteiger partial charge in [-0.1, -0.05) is 12.1 Å². The molecule has 0 spiro atoms. The lowest BCUT2D eigenvalue weighted by Crippen LogP contribution is -2.54. The van der Waals surface area contributed by atoms with Crippen LogP contribution in [-0.2, 0) is 19.1 Å². The first kappa shape index (κ1) is 24.8. The number of aliphatic hydroxyl groups excluding tert-OH is 1. The topological polar surface area (TPSA) is 137 Å². The van der Waals surface area contributed by atoms with Gasteiger partial charge in [0.05, 0.1) is 18.8 Å². The van der Waals surface area contributed by atoms with Crippen molar-refractivity contribution < 1.29 is 42.9 Å². The summed E-state index contributed by atoms with van der Waals surface area (Å²) >= 11 is 0. The summed E-state index contributed by atoms with van der Waals surface area (Å²) < 4.78 is 34.4. The summed E-state index contributed by atoms with van der Waals surface area (Å²) in [5.41, 5.74) is 0.0722. The molecule has 0 aliphatic carbocycles. The van der Waals surface area contributed by atoms with Gasteiger partial charge in [0, 0.05) is 13.1 Å². The number of ether oxygens (including phenoxy) is 2. The van der Waals surface area contributed by atoms with Crippen LogP contribution in [0.4, 0.5) is 8.78 Å². The molecule has 0 radical (unpaired) electrons. The molecule has 2 heterocycles. The lowest BCUT2D eigenvalue weighted by Gasteiger charge is -2.31. The van der Waals surface area contributed by atoms with Crippen LogP contribution >= 0.6 is 0 Å². The van der Waals surface area contributed by atoms with Gasteiger partial charge in [0.1, 0.15) is 17.9 Å². The van der Waals surface area contributed by atoms with E-state index in [1.165, 1.54) is 19.1 Å². The van der Waals surface area contributed by atoms with E-state index in [0.29, 0.717) is 13.1 Å². The first-order valence-electron chi connectivity index (χ1n) is 10.6. The zero-order chi connectivity index (χ0) is 24.1. The normalized spacial score (nSPS) is 22.9. The van der Waals surface area contributed by atoms with Gasteiger partial charge in [-0.3, -0.25) is 14.5 Å². The summed E-state index contributed by atoms with van der Waals surface area (Å²) in [6, 6.07) is 1.94. The molecule has 1 aromatic carbocycles. The Labute approximate surface area is 188 Å². The van der Waals surface area contributed by atoms with E-state index >= 15 is 0 Å². The van der Waals surface area contributed by atoms with Gasteiger partial charge in [-0.2, -0.15) is 8.78 Å². The maximum absolute atomic E-state index is 12.5. The highest BCUT2D eigenvalue weighted by atomic mass is 19.3. The number of aliphatic hydroxyl groups is 1. The van der Waals surface area contributed by atoms with E-state index in [-0.39, 0.29) is 36.0 Å². The van der Waals surface area contributed by atoms with Gasteiger partial charge in [-0.15, -0.1) is 0 Å². The van der Waals surface area contributed by atoms with E-state index in [2.05, 4.69) is 15.4 Å². The number of rotatable bonds is 10. The van der Waals surface area contributed by atoms with Crippen molar-refractivity contribution in [1.29, 1.82) is 0 Å². The highest BCUT2D eigenvalue weighted by molar-refractivity contribution is 5.90. The molecule has 3 rings (SSSR count). The number of morpholine rings is 1. The summed E-state index contributed by atoms with van der Waals surface area (Å²) in [5.74, 6) is -2.86. The molecule has 182 valence electrons. The van der Waals surface area contributed by atoms with Crippen molar-refractivity contribution in [2.24, 2.45) is 0 Å².